The quantitative estimate of drug-likeness (QED) is 0.550. The Morgan fingerprint density at radius 1 is 0.971 bits per heavy atom. The predicted octanol–water partition coefficient (Wildman–Crippen LogP) is 4.34. The van der Waals surface area contributed by atoms with E-state index in [0.717, 1.165) is 6.07 Å². The summed E-state index contributed by atoms with van der Waals surface area (Å²) >= 11 is 0. The summed E-state index contributed by atoms with van der Waals surface area (Å²) < 4.78 is 71.4. The molecule has 1 aliphatic heterocycles. The van der Waals surface area contributed by atoms with Crippen LogP contribution in [-0.4, -0.2) is 32.5 Å². The first kappa shape index (κ1) is 23.4. The van der Waals surface area contributed by atoms with E-state index in [9.17, 15) is 31.2 Å². The van der Waals surface area contributed by atoms with Crippen LogP contribution in [0.5, 0.6) is 0 Å². The van der Waals surface area contributed by atoms with Gasteiger partial charge in [0.1, 0.15) is 0 Å². The fourth-order valence-corrected chi connectivity index (χ4v) is 5.05. The average molecular weight is 493 g/mol. The second kappa shape index (κ2) is 8.86. The number of rotatable bonds is 5. The number of alkyl halides is 3. The van der Waals surface area contributed by atoms with Gasteiger partial charge in [0.25, 0.3) is 11.8 Å². The first-order valence-corrected chi connectivity index (χ1v) is 11.6. The minimum atomic E-state index is -4.83. The highest BCUT2D eigenvalue weighted by atomic mass is 32.2. The normalized spacial score (nSPS) is 15.2. The van der Waals surface area contributed by atoms with Gasteiger partial charge < -0.3 is 15.1 Å². The van der Waals surface area contributed by atoms with E-state index in [4.69, 9.17) is 4.42 Å². The molecule has 0 aliphatic carbocycles. The van der Waals surface area contributed by atoms with Crippen molar-refractivity contribution in [3.63, 3.8) is 0 Å². The predicted molar refractivity (Wildman–Crippen MR) is 118 cm³/mol. The zero-order valence-electron chi connectivity index (χ0n) is 17.4. The van der Waals surface area contributed by atoms with E-state index in [-0.39, 0.29) is 35.0 Å². The van der Waals surface area contributed by atoms with Gasteiger partial charge in [-0.15, -0.1) is 0 Å². The highest BCUT2D eigenvalue weighted by Gasteiger charge is 2.35. The molecule has 4 rings (SSSR count). The zero-order chi connectivity index (χ0) is 24.5. The van der Waals surface area contributed by atoms with Crippen molar-refractivity contribution in [1.82, 2.24) is 0 Å². The van der Waals surface area contributed by atoms with Gasteiger partial charge in [-0.25, -0.2) is 8.42 Å². The molecule has 34 heavy (non-hydrogen) atoms. The maximum Gasteiger partial charge on any atom is 0.418 e. The zero-order valence-corrected chi connectivity index (χ0v) is 18.2. The van der Waals surface area contributed by atoms with E-state index in [2.05, 4.69) is 10.6 Å². The van der Waals surface area contributed by atoms with Crippen LogP contribution in [-0.2, 0) is 16.2 Å². The first-order valence-electron chi connectivity index (χ1n) is 10.0. The molecule has 0 saturated carbocycles. The molecule has 3 aromatic rings. The number of hydrogen-bond acceptors (Lipinski definition) is 5. The smallest absolute Gasteiger partial charge is 0.418 e. The summed E-state index contributed by atoms with van der Waals surface area (Å²) in [4.78, 5) is 24.8. The standard InChI is InChI=1S/C22H18F3N3O5S/c23-22(24,25)17-13-15(26-21(30)19-6-2-10-33-19)7-8-18(17)27-20(29)14-4-1-5-16(12-14)28-9-3-11-34(28,31)32/h1-2,4-8,10,12-13H,3,9,11H2,(H,26,30)(H,27,29). The van der Waals surface area contributed by atoms with Crippen molar-refractivity contribution >= 4 is 38.9 Å². The van der Waals surface area contributed by atoms with Gasteiger partial charge in [-0.05, 0) is 55.0 Å². The average Bonchev–Trinajstić information content (AvgIpc) is 3.43. The second-order valence-corrected chi connectivity index (χ2v) is 9.45. The molecule has 2 heterocycles. The molecule has 2 aromatic carbocycles. The summed E-state index contributed by atoms with van der Waals surface area (Å²) in [6.45, 7) is 0.261. The van der Waals surface area contributed by atoms with Crippen molar-refractivity contribution in [2.75, 3.05) is 27.2 Å². The molecule has 0 atom stereocenters. The molecule has 1 fully saturated rings. The summed E-state index contributed by atoms with van der Waals surface area (Å²) in [6, 6.07) is 11.4. The van der Waals surface area contributed by atoms with Crippen LogP contribution in [0.1, 0.15) is 32.9 Å². The van der Waals surface area contributed by atoms with Crippen LogP contribution in [0.2, 0.25) is 0 Å². The number of carbonyl (C=O) groups is 2. The fourth-order valence-electron chi connectivity index (χ4n) is 3.49. The van der Waals surface area contributed by atoms with Crippen LogP contribution in [0, 0.1) is 0 Å². The monoisotopic (exact) mass is 493 g/mol. The number of benzene rings is 2. The SMILES string of the molecule is O=C(Nc1ccc(NC(=O)c2ccco2)cc1C(F)(F)F)c1cccc(N2CCCS2(=O)=O)c1. The van der Waals surface area contributed by atoms with Gasteiger partial charge in [-0.2, -0.15) is 13.2 Å². The Bertz CT molecular complexity index is 1340. The van der Waals surface area contributed by atoms with Gasteiger partial charge >= 0.3 is 6.18 Å². The molecule has 178 valence electrons. The van der Waals surface area contributed by atoms with Gasteiger partial charge in [-0.3, -0.25) is 13.9 Å². The Hall–Kier alpha value is -3.80. The fraction of sp³-hybridized carbons (Fsp3) is 0.182. The van der Waals surface area contributed by atoms with Crippen molar-refractivity contribution in [3.05, 3.63) is 77.7 Å². The molecule has 2 amide bonds. The van der Waals surface area contributed by atoms with Crippen LogP contribution in [0.3, 0.4) is 0 Å². The van der Waals surface area contributed by atoms with E-state index >= 15 is 0 Å². The number of halogens is 3. The number of hydrogen-bond donors (Lipinski definition) is 2. The highest BCUT2D eigenvalue weighted by molar-refractivity contribution is 7.93. The molecule has 0 radical (unpaired) electrons. The third-order valence-electron chi connectivity index (χ3n) is 5.07. The van der Waals surface area contributed by atoms with Crippen LogP contribution in [0.15, 0.2) is 65.3 Å². The molecule has 1 aliphatic rings. The topological polar surface area (TPSA) is 109 Å². The van der Waals surface area contributed by atoms with E-state index < -0.39 is 39.3 Å². The Balaban J connectivity index is 1.58. The minimum Gasteiger partial charge on any atom is -0.459 e. The molecule has 0 bridgehead atoms. The molecule has 12 heteroatoms. The van der Waals surface area contributed by atoms with Crippen molar-refractivity contribution in [1.29, 1.82) is 0 Å². The van der Waals surface area contributed by atoms with E-state index in [1.807, 2.05) is 0 Å². The lowest BCUT2D eigenvalue weighted by Crippen LogP contribution is -2.25. The Labute approximate surface area is 192 Å². The lowest BCUT2D eigenvalue weighted by molar-refractivity contribution is -0.136. The Kier molecular flexibility index (Phi) is 6.09. The van der Waals surface area contributed by atoms with Gasteiger partial charge in [0.2, 0.25) is 10.0 Å². The van der Waals surface area contributed by atoms with E-state index in [1.165, 1.54) is 53.0 Å². The van der Waals surface area contributed by atoms with Gasteiger partial charge in [0.05, 0.1) is 29.0 Å². The third kappa shape index (κ3) is 4.91. The largest absolute Gasteiger partial charge is 0.459 e. The summed E-state index contributed by atoms with van der Waals surface area (Å²) in [7, 11) is -3.49. The number of carbonyl (C=O) groups excluding carboxylic acids is 2. The highest BCUT2D eigenvalue weighted by Crippen LogP contribution is 2.37. The van der Waals surface area contributed by atoms with Crippen molar-refractivity contribution in [3.8, 4) is 0 Å². The molecule has 8 nitrogen and oxygen atoms in total. The lowest BCUT2D eigenvalue weighted by Gasteiger charge is -2.18. The molecule has 1 saturated heterocycles. The number of sulfonamides is 1. The van der Waals surface area contributed by atoms with Crippen LogP contribution in [0.25, 0.3) is 0 Å². The number of furan rings is 1. The van der Waals surface area contributed by atoms with Crippen LogP contribution in [0.4, 0.5) is 30.2 Å². The molecule has 1 aromatic heterocycles. The third-order valence-corrected chi connectivity index (χ3v) is 6.94. The van der Waals surface area contributed by atoms with Crippen molar-refractivity contribution in [2.24, 2.45) is 0 Å². The number of nitrogens with one attached hydrogen (secondary N) is 2. The molecule has 2 N–H and O–H groups in total. The second-order valence-electron chi connectivity index (χ2n) is 7.44. The van der Waals surface area contributed by atoms with E-state index in [1.54, 1.807) is 0 Å². The molecular weight excluding hydrogens is 475 g/mol. The summed E-state index contributed by atoms with van der Waals surface area (Å²) in [5.74, 6) is -1.67. The van der Waals surface area contributed by atoms with Gasteiger partial charge in [-0.1, -0.05) is 6.07 Å². The Morgan fingerprint density at radius 3 is 2.41 bits per heavy atom. The van der Waals surface area contributed by atoms with Crippen LogP contribution < -0.4 is 14.9 Å². The number of amides is 2. The Morgan fingerprint density at radius 2 is 1.76 bits per heavy atom. The number of nitrogens with zero attached hydrogens (tertiary/aromatic N) is 1. The molecule has 0 spiro atoms. The van der Waals surface area contributed by atoms with Crippen molar-refractivity contribution < 1.29 is 35.6 Å². The summed E-state index contributed by atoms with van der Waals surface area (Å²) in [6.07, 6.45) is -3.14. The summed E-state index contributed by atoms with van der Waals surface area (Å²) in [5.41, 5.74) is -1.59. The maximum atomic E-state index is 13.7. The number of anilines is 3. The maximum absolute atomic E-state index is 13.7. The summed E-state index contributed by atoms with van der Waals surface area (Å²) in [5, 5.41) is 4.53. The van der Waals surface area contributed by atoms with Gasteiger partial charge in [0.15, 0.2) is 5.76 Å². The van der Waals surface area contributed by atoms with E-state index in [0.29, 0.717) is 12.5 Å². The van der Waals surface area contributed by atoms with Gasteiger partial charge in [0, 0.05) is 17.8 Å². The lowest BCUT2D eigenvalue weighted by atomic mass is 10.1. The van der Waals surface area contributed by atoms with Crippen LogP contribution >= 0.6 is 0 Å². The first-order chi connectivity index (χ1) is 16.0. The minimum absolute atomic E-state index is 0.0112. The molecule has 0 unspecified atom stereocenters. The molecular formula is C22H18F3N3O5S. The van der Waals surface area contributed by atoms with Crippen molar-refractivity contribution in [2.45, 2.75) is 12.6 Å².